The predicted molar refractivity (Wildman–Crippen MR) is 91.5 cm³/mol. The molecule has 0 amide bonds. The van der Waals surface area contributed by atoms with E-state index in [9.17, 15) is 14.6 Å². The smallest absolute Gasteiger partial charge is 0.137 e. The third kappa shape index (κ3) is 4.75. The molecule has 1 aromatic carbocycles. The van der Waals surface area contributed by atoms with Crippen molar-refractivity contribution in [1.82, 2.24) is 10.3 Å². The zero-order valence-corrected chi connectivity index (χ0v) is 13.9. The molecule has 25 heavy (non-hydrogen) atoms. The van der Waals surface area contributed by atoms with E-state index in [0.717, 1.165) is 5.56 Å². The number of aromatic nitrogens is 1. The fourth-order valence-corrected chi connectivity index (χ4v) is 3.30. The fourth-order valence-electron chi connectivity index (χ4n) is 3.30. The zero-order chi connectivity index (χ0) is 17.7. The van der Waals surface area contributed by atoms with E-state index in [1.165, 1.54) is 12.1 Å². The Kier molecular flexibility index (Phi) is 5.63. The minimum atomic E-state index is -0.745. The van der Waals surface area contributed by atoms with Gasteiger partial charge in [-0.2, -0.15) is 0 Å². The van der Waals surface area contributed by atoms with Gasteiger partial charge in [0.15, 0.2) is 0 Å². The van der Waals surface area contributed by atoms with Crippen LogP contribution in [0.3, 0.4) is 0 Å². The first-order chi connectivity index (χ1) is 12.1. The molecule has 1 aromatic heterocycles. The number of hydrogen-bond donors (Lipinski definition) is 3. The Hall–Kier alpha value is -2.02. The van der Waals surface area contributed by atoms with Crippen LogP contribution in [0.25, 0.3) is 0 Å². The second-order valence-corrected chi connectivity index (χ2v) is 6.75. The summed E-state index contributed by atoms with van der Waals surface area (Å²) in [6.07, 6.45) is 2.75. The molecule has 1 unspecified atom stereocenters. The van der Waals surface area contributed by atoms with Crippen LogP contribution in [-0.4, -0.2) is 40.6 Å². The van der Waals surface area contributed by atoms with Crippen molar-refractivity contribution in [3.63, 3.8) is 0 Å². The van der Waals surface area contributed by atoms with E-state index >= 15 is 0 Å². The molecule has 3 atom stereocenters. The number of nitrogens with zero attached hydrogens (tertiary/aromatic N) is 1. The largest absolute Gasteiger partial charge is 0.491 e. The number of pyridine rings is 1. The number of aliphatic hydroxyl groups excluding tert-OH is 2. The van der Waals surface area contributed by atoms with Gasteiger partial charge in [-0.05, 0) is 42.7 Å². The minimum absolute atomic E-state index is 0.257. The standard InChI is InChI=1S/C19H23FN2O3/c20-15-5-3-14(4-6-15)10-22-12-19(8-17(23)18(24)9-19)13-25-16-2-1-7-21-11-16/h1-7,11,17-18,22-24H,8-10,12-13H2/t17-,18+,19?. The maximum atomic E-state index is 13.0. The summed E-state index contributed by atoms with van der Waals surface area (Å²) in [4.78, 5) is 4.02. The van der Waals surface area contributed by atoms with Crippen molar-refractivity contribution in [2.24, 2.45) is 5.41 Å². The van der Waals surface area contributed by atoms with Crippen molar-refractivity contribution in [1.29, 1.82) is 0 Å². The number of halogens is 1. The minimum Gasteiger partial charge on any atom is -0.491 e. The highest BCUT2D eigenvalue weighted by molar-refractivity contribution is 5.17. The quantitative estimate of drug-likeness (QED) is 0.714. The average Bonchev–Trinajstić information content (AvgIpc) is 2.90. The number of benzene rings is 1. The van der Waals surface area contributed by atoms with Gasteiger partial charge in [-0.25, -0.2) is 4.39 Å². The lowest BCUT2D eigenvalue weighted by Crippen LogP contribution is -2.38. The van der Waals surface area contributed by atoms with Crippen LogP contribution in [0.5, 0.6) is 5.75 Å². The van der Waals surface area contributed by atoms with E-state index in [4.69, 9.17) is 4.74 Å². The van der Waals surface area contributed by atoms with E-state index in [2.05, 4.69) is 10.3 Å². The molecule has 0 aliphatic heterocycles. The molecule has 1 fully saturated rings. The first-order valence-electron chi connectivity index (χ1n) is 8.40. The van der Waals surface area contributed by atoms with E-state index in [1.807, 2.05) is 6.07 Å². The number of nitrogens with one attached hydrogen (secondary N) is 1. The molecule has 134 valence electrons. The molecule has 0 spiro atoms. The molecule has 6 heteroatoms. The molecular weight excluding hydrogens is 323 g/mol. The highest BCUT2D eigenvalue weighted by Crippen LogP contribution is 2.38. The lowest BCUT2D eigenvalue weighted by atomic mass is 9.86. The topological polar surface area (TPSA) is 74.6 Å². The lowest BCUT2D eigenvalue weighted by molar-refractivity contribution is 0.0438. The SMILES string of the molecule is O[C@@H]1CC(CNCc2ccc(F)cc2)(COc2cccnc2)C[C@@H]1O. The molecule has 3 rings (SSSR count). The van der Waals surface area contributed by atoms with Crippen LogP contribution in [0.15, 0.2) is 48.8 Å². The molecule has 1 aliphatic carbocycles. The summed E-state index contributed by atoms with van der Waals surface area (Å²) >= 11 is 0. The molecule has 5 nitrogen and oxygen atoms in total. The van der Waals surface area contributed by atoms with Gasteiger partial charge >= 0.3 is 0 Å². The second-order valence-electron chi connectivity index (χ2n) is 6.75. The van der Waals surface area contributed by atoms with Gasteiger partial charge in [0.1, 0.15) is 11.6 Å². The summed E-state index contributed by atoms with van der Waals surface area (Å²) in [6, 6.07) is 9.96. The molecule has 0 bridgehead atoms. The molecule has 1 aliphatic rings. The Labute approximate surface area is 146 Å². The third-order valence-corrected chi connectivity index (χ3v) is 4.65. The molecule has 0 radical (unpaired) electrons. The van der Waals surface area contributed by atoms with Crippen LogP contribution >= 0.6 is 0 Å². The van der Waals surface area contributed by atoms with Gasteiger partial charge in [0, 0.05) is 24.7 Å². The fraction of sp³-hybridized carbons (Fsp3) is 0.421. The summed E-state index contributed by atoms with van der Waals surface area (Å²) in [5.41, 5.74) is 0.609. The summed E-state index contributed by atoms with van der Waals surface area (Å²) in [5.74, 6) is 0.406. The van der Waals surface area contributed by atoms with Crippen molar-refractivity contribution < 1.29 is 19.3 Å². The first kappa shape index (κ1) is 17.8. The van der Waals surface area contributed by atoms with Crippen LogP contribution in [0.4, 0.5) is 4.39 Å². The van der Waals surface area contributed by atoms with Gasteiger partial charge in [-0.3, -0.25) is 4.98 Å². The van der Waals surface area contributed by atoms with Crippen LogP contribution in [0, 0.1) is 11.2 Å². The lowest BCUT2D eigenvalue weighted by Gasteiger charge is -2.29. The Morgan fingerprint density at radius 3 is 2.52 bits per heavy atom. The number of rotatable bonds is 7. The van der Waals surface area contributed by atoms with Gasteiger partial charge < -0.3 is 20.3 Å². The van der Waals surface area contributed by atoms with E-state index in [-0.39, 0.29) is 11.2 Å². The number of hydrogen-bond acceptors (Lipinski definition) is 5. The Morgan fingerprint density at radius 2 is 1.88 bits per heavy atom. The van der Waals surface area contributed by atoms with Crippen LogP contribution in [-0.2, 0) is 6.54 Å². The molecule has 2 aromatic rings. The molecule has 1 saturated carbocycles. The predicted octanol–water partition coefficient (Wildman–Crippen LogP) is 1.89. The van der Waals surface area contributed by atoms with Crippen molar-refractivity contribution in [3.8, 4) is 5.75 Å². The Balaban J connectivity index is 1.60. The maximum absolute atomic E-state index is 13.0. The third-order valence-electron chi connectivity index (χ3n) is 4.65. The molecular formula is C19H23FN2O3. The van der Waals surface area contributed by atoms with Crippen LogP contribution < -0.4 is 10.1 Å². The van der Waals surface area contributed by atoms with Gasteiger partial charge in [0.05, 0.1) is 25.0 Å². The molecule has 3 N–H and O–H groups in total. The van der Waals surface area contributed by atoms with Crippen LogP contribution in [0.1, 0.15) is 18.4 Å². The summed E-state index contributed by atoms with van der Waals surface area (Å²) in [7, 11) is 0. The number of ether oxygens (including phenoxy) is 1. The van der Waals surface area contributed by atoms with E-state index in [0.29, 0.717) is 38.3 Å². The Bertz CT molecular complexity index is 656. The van der Waals surface area contributed by atoms with E-state index < -0.39 is 12.2 Å². The average molecular weight is 346 g/mol. The van der Waals surface area contributed by atoms with Crippen molar-refractivity contribution >= 4 is 0 Å². The first-order valence-corrected chi connectivity index (χ1v) is 8.40. The van der Waals surface area contributed by atoms with Crippen molar-refractivity contribution in [2.45, 2.75) is 31.6 Å². The highest BCUT2D eigenvalue weighted by atomic mass is 19.1. The van der Waals surface area contributed by atoms with Crippen molar-refractivity contribution in [2.75, 3.05) is 13.2 Å². The maximum Gasteiger partial charge on any atom is 0.137 e. The normalized spacial score (nSPS) is 25.9. The van der Waals surface area contributed by atoms with Gasteiger partial charge in [-0.15, -0.1) is 0 Å². The van der Waals surface area contributed by atoms with Gasteiger partial charge in [0.25, 0.3) is 0 Å². The molecule has 1 heterocycles. The van der Waals surface area contributed by atoms with E-state index in [1.54, 1.807) is 30.6 Å². The summed E-state index contributed by atoms with van der Waals surface area (Å²) < 4.78 is 18.8. The molecule has 0 saturated heterocycles. The van der Waals surface area contributed by atoms with Crippen LogP contribution in [0.2, 0.25) is 0 Å². The van der Waals surface area contributed by atoms with Gasteiger partial charge in [0.2, 0.25) is 0 Å². The zero-order valence-electron chi connectivity index (χ0n) is 13.9. The monoisotopic (exact) mass is 346 g/mol. The summed E-state index contributed by atoms with van der Waals surface area (Å²) in [6.45, 7) is 1.54. The highest BCUT2D eigenvalue weighted by Gasteiger charge is 2.44. The van der Waals surface area contributed by atoms with Crippen molar-refractivity contribution in [3.05, 3.63) is 60.2 Å². The summed E-state index contributed by atoms with van der Waals surface area (Å²) in [5, 5.41) is 23.3. The second kappa shape index (κ2) is 7.91. The Morgan fingerprint density at radius 1 is 1.16 bits per heavy atom. The number of aliphatic hydroxyl groups is 2. The van der Waals surface area contributed by atoms with Gasteiger partial charge in [-0.1, -0.05) is 12.1 Å².